The van der Waals surface area contributed by atoms with Crippen LogP contribution in [0, 0.1) is 0 Å². The molecule has 1 aromatic heterocycles. The smallest absolute Gasteiger partial charge is 0.241 e. The third-order valence-electron chi connectivity index (χ3n) is 3.68. The second-order valence-electron chi connectivity index (χ2n) is 5.24. The number of nitrogens with zero attached hydrogens (tertiary/aromatic N) is 2. The highest BCUT2D eigenvalue weighted by Crippen LogP contribution is 2.23. The molecule has 1 amide bonds. The van der Waals surface area contributed by atoms with Crippen LogP contribution in [-0.2, 0) is 4.79 Å². The maximum atomic E-state index is 12.7. The maximum absolute atomic E-state index is 12.7. The zero-order valence-electron chi connectivity index (χ0n) is 13.1. The molecule has 0 radical (unpaired) electrons. The molecule has 0 aliphatic rings. The van der Waals surface area contributed by atoms with E-state index in [2.05, 4.69) is 29.8 Å². The van der Waals surface area contributed by atoms with Crippen molar-refractivity contribution >= 4 is 22.9 Å². The van der Waals surface area contributed by atoms with Gasteiger partial charge in [-0.1, -0.05) is 30.3 Å². The van der Waals surface area contributed by atoms with Crippen molar-refractivity contribution in [3.05, 3.63) is 65.4 Å². The van der Waals surface area contributed by atoms with Gasteiger partial charge in [0, 0.05) is 23.2 Å². The molecule has 1 atom stereocenters. The number of amides is 1. The van der Waals surface area contributed by atoms with Crippen molar-refractivity contribution in [2.45, 2.75) is 13.0 Å². The number of thiophene rings is 1. The van der Waals surface area contributed by atoms with E-state index in [0.717, 1.165) is 5.69 Å². The average molecular weight is 314 g/mol. The Kier molecular flexibility index (Phi) is 5.92. The summed E-state index contributed by atoms with van der Waals surface area (Å²) in [4.78, 5) is 17.8. The number of carbonyl (C=O) groups is 1. The topological polar surface area (TPSA) is 23.6 Å². The molecule has 2 rings (SSSR count). The highest BCUT2D eigenvalue weighted by molar-refractivity contribution is 7.10. The van der Waals surface area contributed by atoms with E-state index in [-0.39, 0.29) is 11.9 Å². The minimum Gasteiger partial charge on any atom is -0.308 e. The zero-order valence-corrected chi connectivity index (χ0v) is 13.9. The number of para-hydroxylation sites is 1. The first-order chi connectivity index (χ1) is 10.6. The zero-order chi connectivity index (χ0) is 15.9. The van der Waals surface area contributed by atoms with Crippen LogP contribution in [0.5, 0.6) is 0 Å². The first kappa shape index (κ1) is 16.5. The van der Waals surface area contributed by atoms with Crippen molar-refractivity contribution in [2.75, 3.05) is 25.0 Å². The molecule has 1 aromatic carbocycles. The van der Waals surface area contributed by atoms with E-state index in [1.807, 2.05) is 43.4 Å². The second kappa shape index (κ2) is 7.92. The fraction of sp³-hybridized carbons (Fsp3) is 0.278. The van der Waals surface area contributed by atoms with Gasteiger partial charge in [-0.2, -0.15) is 0 Å². The standard InChI is InChI=1S/C18H22N2OS/c1-4-12-20(16-9-6-5-7-10-16)18(21)14-19(3)15(2)17-11-8-13-22-17/h4-11,13,15H,1,12,14H2,2-3H3. The molecular weight excluding hydrogens is 292 g/mol. The second-order valence-corrected chi connectivity index (χ2v) is 6.21. The molecule has 4 heteroatoms. The molecule has 0 N–H and O–H groups in total. The van der Waals surface area contributed by atoms with Gasteiger partial charge in [0.2, 0.25) is 5.91 Å². The first-order valence-electron chi connectivity index (χ1n) is 7.33. The van der Waals surface area contributed by atoms with Gasteiger partial charge in [0.15, 0.2) is 0 Å². The third kappa shape index (κ3) is 4.06. The highest BCUT2D eigenvalue weighted by atomic mass is 32.1. The summed E-state index contributed by atoms with van der Waals surface area (Å²) >= 11 is 1.72. The predicted molar refractivity (Wildman–Crippen MR) is 94.4 cm³/mol. The minimum atomic E-state index is 0.0806. The lowest BCUT2D eigenvalue weighted by molar-refractivity contribution is -0.119. The van der Waals surface area contributed by atoms with Gasteiger partial charge < -0.3 is 4.90 Å². The van der Waals surface area contributed by atoms with Crippen LogP contribution in [-0.4, -0.2) is 30.9 Å². The lowest BCUT2D eigenvalue weighted by Crippen LogP contribution is -2.40. The van der Waals surface area contributed by atoms with Gasteiger partial charge in [-0.05, 0) is 37.6 Å². The van der Waals surface area contributed by atoms with E-state index in [9.17, 15) is 4.79 Å². The number of hydrogen-bond acceptors (Lipinski definition) is 3. The summed E-state index contributed by atoms with van der Waals surface area (Å²) in [5, 5.41) is 2.06. The van der Waals surface area contributed by atoms with E-state index in [4.69, 9.17) is 0 Å². The monoisotopic (exact) mass is 314 g/mol. The summed E-state index contributed by atoms with van der Waals surface area (Å²) in [6.45, 7) is 6.78. The van der Waals surface area contributed by atoms with E-state index in [0.29, 0.717) is 13.1 Å². The van der Waals surface area contributed by atoms with Crippen LogP contribution < -0.4 is 4.90 Å². The van der Waals surface area contributed by atoms with Gasteiger partial charge >= 0.3 is 0 Å². The molecule has 116 valence electrons. The Balaban J connectivity index is 2.06. The summed E-state index contributed by atoms with van der Waals surface area (Å²) in [6.07, 6.45) is 1.76. The number of hydrogen-bond donors (Lipinski definition) is 0. The molecule has 22 heavy (non-hydrogen) atoms. The first-order valence-corrected chi connectivity index (χ1v) is 8.21. The Morgan fingerprint density at radius 1 is 1.27 bits per heavy atom. The van der Waals surface area contributed by atoms with Crippen LogP contribution in [0.25, 0.3) is 0 Å². The summed E-state index contributed by atoms with van der Waals surface area (Å²) in [5.41, 5.74) is 0.907. The summed E-state index contributed by atoms with van der Waals surface area (Å²) in [7, 11) is 1.99. The molecule has 1 unspecified atom stereocenters. The number of anilines is 1. The molecular formula is C18H22N2OS. The molecule has 0 saturated heterocycles. The summed E-state index contributed by atoms with van der Waals surface area (Å²) in [6, 6.07) is 14.1. The van der Waals surface area contributed by atoms with Crippen molar-refractivity contribution in [3.8, 4) is 0 Å². The number of carbonyl (C=O) groups excluding carboxylic acids is 1. The normalized spacial score (nSPS) is 12.1. The molecule has 3 nitrogen and oxygen atoms in total. The highest BCUT2D eigenvalue weighted by Gasteiger charge is 2.20. The largest absolute Gasteiger partial charge is 0.308 e. The van der Waals surface area contributed by atoms with Crippen molar-refractivity contribution in [3.63, 3.8) is 0 Å². The predicted octanol–water partition coefficient (Wildman–Crippen LogP) is 3.96. The maximum Gasteiger partial charge on any atom is 0.241 e. The van der Waals surface area contributed by atoms with Gasteiger partial charge in [-0.25, -0.2) is 0 Å². The number of rotatable bonds is 7. The molecule has 2 aromatic rings. The van der Waals surface area contributed by atoms with Crippen molar-refractivity contribution in [1.82, 2.24) is 4.90 Å². The molecule has 0 bridgehead atoms. The lowest BCUT2D eigenvalue weighted by Gasteiger charge is -2.27. The van der Waals surface area contributed by atoms with Crippen LogP contribution >= 0.6 is 11.3 Å². The van der Waals surface area contributed by atoms with Crippen molar-refractivity contribution in [2.24, 2.45) is 0 Å². The van der Waals surface area contributed by atoms with Gasteiger partial charge in [-0.3, -0.25) is 9.69 Å². The van der Waals surface area contributed by atoms with Gasteiger partial charge in [0.25, 0.3) is 0 Å². The average Bonchev–Trinajstić information content (AvgIpc) is 3.06. The fourth-order valence-electron chi connectivity index (χ4n) is 2.27. The van der Waals surface area contributed by atoms with Crippen molar-refractivity contribution < 1.29 is 4.79 Å². The Hall–Kier alpha value is -1.91. The van der Waals surface area contributed by atoms with Crippen LogP contribution in [0.3, 0.4) is 0 Å². The SMILES string of the molecule is C=CCN(C(=O)CN(C)C(C)c1cccs1)c1ccccc1. The van der Waals surface area contributed by atoms with E-state index in [1.54, 1.807) is 22.3 Å². The van der Waals surface area contributed by atoms with Gasteiger partial charge in [-0.15, -0.1) is 17.9 Å². The molecule has 0 fully saturated rings. The quantitative estimate of drug-likeness (QED) is 0.722. The Morgan fingerprint density at radius 3 is 2.59 bits per heavy atom. The van der Waals surface area contributed by atoms with E-state index < -0.39 is 0 Å². The van der Waals surface area contributed by atoms with E-state index in [1.165, 1.54) is 4.88 Å². The van der Waals surface area contributed by atoms with Gasteiger partial charge in [0.05, 0.1) is 6.54 Å². The van der Waals surface area contributed by atoms with Crippen molar-refractivity contribution in [1.29, 1.82) is 0 Å². The summed E-state index contributed by atoms with van der Waals surface area (Å²) in [5.74, 6) is 0.0806. The van der Waals surface area contributed by atoms with Gasteiger partial charge in [0.1, 0.15) is 0 Å². The molecule has 0 spiro atoms. The minimum absolute atomic E-state index is 0.0806. The lowest BCUT2D eigenvalue weighted by atomic mass is 10.2. The Morgan fingerprint density at radius 2 is 2.00 bits per heavy atom. The van der Waals surface area contributed by atoms with Crippen LogP contribution in [0.15, 0.2) is 60.5 Å². The van der Waals surface area contributed by atoms with Crippen LogP contribution in [0.1, 0.15) is 17.8 Å². The number of benzene rings is 1. The molecule has 0 saturated carbocycles. The molecule has 0 aliphatic heterocycles. The Labute approximate surface area is 136 Å². The third-order valence-corrected chi connectivity index (χ3v) is 4.72. The van der Waals surface area contributed by atoms with Crippen LogP contribution in [0.2, 0.25) is 0 Å². The molecule has 0 aliphatic carbocycles. The van der Waals surface area contributed by atoms with E-state index >= 15 is 0 Å². The molecule has 1 heterocycles. The number of likely N-dealkylation sites (N-methyl/N-ethyl adjacent to an activating group) is 1. The summed E-state index contributed by atoms with van der Waals surface area (Å²) < 4.78 is 0. The van der Waals surface area contributed by atoms with Crippen LogP contribution in [0.4, 0.5) is 5.69 Å². The Bertz CT molecular complexity index is 595. The fourth-order valence-corrected chi connectivity index (χ4v) is 3.12.